The molecule has 12 heteroatoms. The van der Waals surface area contributed by atoms with Crippen LogP contribution in [0.1, 0.15) is 31.2 Å². The predicted octanol–water partition coefficient (Wildman–Crippen LogP) is 5.87. The first-order chi connectivity index (χ1) is 20.8. The van der Waals surface area contributed by atoms with Crippen LogP contribution in [0.25, 0.3) is 11.3 Å². The van der Waals surface area contributed by atoms with Gasteiger partial charge in [-0.25, -0.2) is 9.97 Å². The molecule has 2 aliphatic heterocycles. The van der Waals surface area contributed by atoms with E-state index in [1.165, 1.54) is 0 Å². The number of benzene rings is 1. The van der Waals surface area contributed by atoms with Crippen LogP contribution in [0.3, 0.4) is 0 Å². The molecule has 1 N–H and O–H groups in total. The number of hydrogen-bond acceptors (Lipinski definition) is 8. The number of aliphatic carboxylic acids is 1. The number of hydrogen-bond donors (Lipinski definition) is 1. The molecule has 0 atom stereocenters. The van der Waals surface area contributed by atoms with Gasteiger partial charge >= 0.3 is 17.6 Å². The Morgan fingerprint density at radius 3 is 2.37 bits per heavy atom. The maximum absolute atomic E-state index is 11.1. The fraction of sp³-hybridized carbons (Fsp3) is 0.452. The van der Waals surface area contributed by atoms with Crippen molar-refractivity contribution in [2.24, 2.45) is 5.92 Å². The van der Waals surface area contributed by atoms with Gasteiger partial charge in [0.2, 0.25) is 11.6 Å². The molecule has 9 nitrogen and oxygen atoms in total. The highest BCUT2D eigenvalue weighted by molar-refractivity contribution is 7.65. The monoisotopic (exact) mass is 644 g/mol. The van der Waals surface area contributed by atoms with E-state index in [9.17, 15) is 9.00 Å². The van der Waals surface area contributed by atoms with E-state index in [1.54, 1.807) is 12.3 Å². The average molecular weight is 646 g/mol. The zero-order chi connectivity index (χ0) is 30.2. The van der Waals surface area contributed by atoms with Crippen molar-refractivity contribution in [2.45, 2.75) is 32.2 Å². The van der Waals surface area contributed by atoms with Gasteiger partial charge in [-0.1, -0.05) is 23.2 Å². The average Bonchev–Trinajstić information content (AvgIpc) is 2.98. The molecule has 5 rings (SSSR count). The number of carboxylic acid groups (broad SMARTS) is 1. The Morgan fingerprint density at radius 1 is 0.977 bits per heavy atom. The minimum absolute atomic E-state index is 0.224. The van der Waals surface area contributed by atoms with Crippen LogP contribution in [0.4, 0.5) is 5.82 Å². The number of pyridine rings is 2. The Morgan fingerprint density at radius 2 is 1.72 bits per heavy atom. The third kappa shape index (κ3) is 9.30. The summed E-state index contributed by atoms with van der Waals surface area (Å²) < 4.78 is 16.9. The summed E-state index contributed by atoms with van der Waals surface area (Å²) in [6.07, 6.45) is 4.61. The minimum Gasteiger partial charge on any atom is -0.481 e. The second-order valence-corrected chi connectivity index (χ2v) is 12.6. The van der Waals surface area contributed by atoms with Gasteiger partial charge in [-0.3, -0.25) is 14.6 Å². The van der Waals surface area contributed by atoms with Crippen molar-refractivity contribution >= 4 is 46.7 Å². The Hall–Kier alpha value is -2.89. The lowest BCUT2D eigenvalue weighted by Crippen LogP contribution is -2.47. The second-order valence-electron chi connectivity index (χ2n) is 11.1. The molecule has 228 valence electrons. The summed E-state index contributed by atoms with van der Waals surface area (Å²) in [7, 11) is 0. The van der Waals surface area contributed by atoms with Crippen molar-refractivity contribution in [3.8, 4) is 22.9 Å². The summed E-state index contributed by atoms with van der Waals surface area (Å²) in [6.45, 7) is 7.02. The van der Waals surface area contributed by atoms with Gasteiger partial charge in [0.1, 0.15) is 11.6 Å². The first kappa shape index (κ1) is 31.5. The van der Waals surface area contributed by atoms with Crippen LogP contribution in [0.2, 0.25) is 10.0 Å². The van der Waals surface area contributed by atoms with Crippen LogP contribution >= 0.6 is 23.2 Å². The molecule has 2 aliphatic rings. The zero-order valence-electron chi connectivity index (χ0n) is 24.0. The molecule has 0 spiro atoms. The Labute approximate surface area is 266 Å². The number of anilines is 1. The molecule has 0 radical (unpaired) electrons. The molecule has 1 aromatic carbocycles. The molecular weight excluding hydrogens is 609 g/mol. The summed E-state index contributed by atoms with van der Waals surface area (Å²) in [5.41, 5.74) is 2.53. The van der Waals surface area contributed by atoms with Gasteiger partial charge < -0.3 is 14.7 Å². The fourth-order valence-corrected chi connectivity index (χ4v) is 6.47. The summed E-state index contributed by atoms with van der Waals surface area (Å²) in [5.74, 6) is 2.09. The van der Waals surface area contributed by atoms with Crippen LogP contribution in [0.15, 0.2) is 48.7 Å². The first-order valence-corrected chi connectivity index (χ1v) is 16.3. The molecule has 3 aromatic rings. The number of ether oxygens (including phenoxy) is 1. The van der Waals surface area contributed by atoms with Crippen molar-refractivity contribution in [3.05, 3.63) is 64.3 Å². The lowest BCUT2D eigenvalue weighted by atomic mass is 9.93. The van der Waals surface area contributed by atoms with Crippen molar-refractivity contribution in [2.75, 3.05) is 56.5 Å². The number of likely N-dealkylation sites (tertiary alicyclic amines) is 1. The molecular formula is C31H36Cl2N5O4S+. The normalized spacial score (nSPS) is 16.7. The van der Waals surface area contributed by atoms with Crippen molar-refractivity contribution < 1.29 is 18.8 Å². The number of piperidine rings is 1. The van der Waals surface area contributed by atoms with E-state index < -0.39 is 5.97 Å². The van der Waals surface area contributed by atoms with E-state index in [0.29, 0.717) is 51.3 Å². The topological polar surface area (TPSA) is 99.1 Å². The molecule has 0 unspecified atom stereocenters. The largest absolute Gasteiger partial charge is 0.481 e. The number of nitrogens with zero attached hydrogens (tertiary/aromatic N) is 5. The maximum Gasteiger partial charge on any atom is 0.458 e. The van der Waals surface area contributed by atoms with Gasteiger partial charge in [0.05, 0.1) is 11.9 Å². The molecule has 0 aliphatic carbocycles. The van der Waals surface area contributed by atoms with Crippen LogP contribution in [0.5, 0.6) is 11.6 Å². The summed E-state index contributed by atoms with van der Waals surface area (Å²) in [5, 5.41) is 10.2. The smallest absolute Gasteiger partial charge is 0.458 e. The molecule has 0 saturated carbocycles. The number of carbonyl (C=O) groups is 1. The highest BCUT2D eigenvalue weighted by Gasteiger charge is 2.22. The quantitative estimate of drug-likeness (QED) is 0.192. The molecule has 43 heavy (non-hydrogen) atoms. The number of piperazine rings is 1. The lowest BCUT2D eigenvalue weighted by molar-refractivity contribution is -0.138. The summed E-state index contributed by atoms with van der Waals surface area (Å²) in [4.78, 5) is 27.6. The second kappa shape index (κ2) is 15.2. The Balaban J connectivity index is 1.28. The predicted molar refractivity (Wildman–Crippen MR) is 170 cm³/mol. The highest BCUT2D eigenvalue weighted by atomic mass is 35.5. The van der Waals surface area contributed by atoms with Gasteiger partial charge in [-0.2, -0.15) is 0 Å². The third-order valence-corrected chi connectivity index (χ3v) is 8.83. The highest BCUT2D eigenvalue weighted by Crippen LogP contribution is 2.31. The first-order valence-electron chi connectivity index (χ1n) is 14.6. The van der Waals surface area contributed by atoms with E-state index in [-0.39, 0.29) is 12.3 Å². The zero-order valence-corrected chi connectivity index (χ0v) is 26.3. The van der Waals surface area contributed by atoms with Crippen molar-refractivity contribution in [1.29, 1.82) is 0 Å². The fourth-order valence-electron chi connectivity index (χ4n) is 5.69. The molecule has 0 amide bonds. The maximum atomic E-state index is 11.1. The number of rotatable bonds is 12. The van der Waals surface area contributed by atoms with Gasteiger partial charge in [-0.15, -0.1) is 0 Å². The van der Waals surface area contributed by atoms with E-state index in [1.807, 2.05) is 36.4 Å². The van der Waals surface area contributed by atoms with Gasteiger partial charge in [0, 0.05) is 78.0 Å². The van der Waals surface area contributed by atoms with E-state index in [4.69, 9.17) is 38.0 Å². The van der Waals surface area contributed by atoms with Gasteiger partial charge in [0.25, 0.3) is 0 Å². The van der Waals surface area contributed by atoms with Crippen LogP contribution in [-0.2, 0) is 27.2 Å². The number of halogens is 2. The van der Waals surface area contributed by atoms with Crippen LogP contribution in [0, 0.1) is 5.92 Å². The number of aromatic nitrogens is 2. The summed E-state index contributed by atoms with van der Waals surface area (Å²) >= 11 is 13.3. The summed E-state index contributed by atoms with van der Waals surface area (Å²) in [6, 6.07) is 13.2. The van der Waals surface area contributed by atoms with Crippen molar-refractivity contribution in [3.63, 3.8) is 0 Å². The van der Waals surface area contributed by atoms with Crippen molar-refractivity contribution in [1.82, 2.24) is 19.8 Å². The Bertz CT molecular complexity index is 1380. The van der Waals surface area contributed by atoms with E-state index in [2.05, 4.69) is 19.7 Å². The van der Waals surface area contributed by atoms with Gasteiger partial charge in [0.15, 0.2) is 0 Å². The molecule has 4 heterocycles. The SMILES string of the molecule is O=[S+]CCCN1CCN(c2ccc(Oc3cc(CN4CCC(CC(=O)O)CC4)cc(-c4cc(Cl)cc(Cl)c4)n3)cn2)CC1. The van der Waals surface area contributed by atoms with E-state index in [0.717, 1.165) is 82.0 Å². The molecule has 0 bridgehead atoms. The van der Waals surface area contributed by atoms with Crippen LogP contribution in [-0.4, -0.2) is 82.4 Å². The molecule has 2 fully saturated rings. The van der Waals surface area contributed by atoms with Crippen LogP contribution < -0.4 is 9.64 Å². The molecule has 2 aromatic heterocycles. The third-order valence-electron chi connectivity index (χ3n) is 7.94. The van der Waals surface area contributed by atoms with Gasteiger partial charge in [-0.05, 0) is 73.8 Å². The van der Waals surface area contributed by atoms with E-state index >= 15 is 0 Å². The molecule has 2 saturated heterocycles. The standard InChI is InChI=1S/C31H35Cl2N5O4S/c32-25-17-24(18-26(33)19-25)28-14-23(21-37-7-4-22(5-8-37)16-31(39)40)15-30(35-28)42-27-2-3-29(34-20-27)38-11-9-36(10-12-38)6-1-13-43-41/h2-3,14-15,17-20,22H,1,4-13,16,21H2/p+1. The Kier molecular flexibility index (Phi) is 11.2. The lowest BCUT2D eigenvalue weighted by Gasteiger charge is -2.35. The minimum atomic E-state index is -0.730. The number of carboxylic acids is 1.